The van der Waals surface area contributed by atoms with Crippen molar-refractivity contribution in [3.8, 4) is 5.75 Å². The van der Waals surface area contributed by atoms with Gasteiger partial charge in [-0.05, 0) is 25.0 Å². The van der Waals surface area contributed by atoms with Gasteiger partial charge in [0.1, 0.15) is 5.75 Å². The smallest absolute Gasteiger partial charge is 0.121 e. The number of hydrogen-bond donors (Lipinski definition) is 1. The van der Waals surface area contributed by atoms with Crippen molar-refractivity contribution in [3.63, 3.8) is 0 Å². The van der Waals surface area contributed by atoms with Crippen LogP contribution < -0.4 is 5.19 Å². The molecular weight excluding hydrogens is 152 g/mol. The Morgan fingerprint density at radius 1 is 1.18 bits per heavy atom. The number of phenols is 1. The van der Waals surface area contributed by atoms with Crippen LogP contribution in [0.2, 0.25) is 6.55 Å². The van der Waals surface area contributed by atoms with E-state index in [0.29, 0.717) is 5.75 Å². The zero-order chi connectivity index (χ0) is 8.43. The van der Waals surface area contributed by atoms with Crippen molar-refractivity contribution in [2.75, 3.05) is 0 Å². The highest BCUT2D eigenvalue weighted by molar-refractivity contribution is 6.52. The lowest BCUT2D eigenvalue weighted by Crippen LogP contribution is -2.11. The van der Waals surface area contributed by atoms with Crippen LogP contribution in [0.1, 0.15) is 11.1 Å². The maximum absolute atomic E-state index is 9.44. The van der Waals surface area contributed by atoms with E-state index in [2.05, 4.69) is 18.7 Å². The predicted molar refractivity (Wildman–Crippen MR) is 51.6 cm³/mol. The molecule has 0 saturated carbocycles. The van der Waals surface area contributed by atoms with Crippen LogP contribution in [0.25, 0.3) is 0 Å². The fraction of sp³-hybridized carbons (Fsp3) is 0.333. The average molecular weight is 166 g/mol. The van der Waals surface area contributed by atoms with E-state index in [-0.39, 0.29) is 9.52 Å². The third-order valence-corrected chi connectivity index (χ3v) is 3.18. The predicted octanol–water partition coefficient (Wildman–Crippen LogP) is 0.851. The van der Waals surface area contributed by atoms with Gasteiger partial charge in [0.2, 0.25) is 0 Å². The van der Waals surface area contributed by atoms with Crippen LogP contribution in [0.15, 0.2) is 12.1 Å². The molecular formula is C9H14OSi. The Morgan fingerprint density at radius 3 is 2.00 bits per heavy atom. The second-order valence-corrected chi connectivity index (χ2v) is 4.46. The first-order valence-corrected chi connectivity index (χ1v) is 6.06. The molecule has 0 fully saturated rings. The molecule has 11 heavy (non-hydrogen) atoms. The Kier molecular flexibility index (Phi) is 2.34. The molecule has 1 aromatic carbocycles. The minimum atomic E-state index is -0.0786. The van der Waals surface area contributed by atoms with Crippen LogP contribution in [0.5, 0.6) is 5.75 Å². The van der Waals surface area contributed by atoms with Crippen molar-refractivity contribution < 1.29 is 5.11 Å². The second kappa shape index (κ2) is 3.09. The van der Waals surface area contributed by atoms with Crippen molar-refractivity contribution in [3.05, 3.63) is 23.3 Å². The summed E-state index contributed by atoms with van der Waals surface area (Å²) in [6.07, 6.45) is 0. The lowest BCUT2D eigenvalue weighted by atomic mass is 10.1. The van der Waals surface area contributed by atoms with E-state index in [1.54, 1.807) is 0 Å². The van der Waals surface area contributed by atoms with E-state index in [0.717, 1.165) is 11.1 Å². The van der Waals surface area contributed by atoms with Gasteiger partial charge in [-0.25, -0.2) is 0 Å². The Labute approximate surface area is 69.9 Å². The fourth-order valence-corrected chi connectivity index (χ4v) is 2.27. The zero-order valence-corrected chi connectivity index (χ0v) is 8.72. The largest absolute Gasteiger partial charge is 0.507 e. The van der Waals surface area contributed by atoms with E-state index < -0.39 is 0 Å². The monoisotopic (exact) mass is 166 g/mol. The van der Waals surface area contributed by atoms with E-state index in [4.69, 9.17) is 0 Å². The highest BCUT2D eigenvalue weighted by Crippen LogP contribution is 2.18. The first kappa shape index (κ1) is 8.33. The standard InChI is InChI=1S/C9H14OSi/c1-6-4-8(11-3)5-7(2)9(6)10/h4-5,10H,11H2,1-3H3. The molecule has 0 heterocycles. The Morgan fingerprint density at radius 2 is 1.64 bits per heavy atom. The summed E-state index contributed by atoms with van der Waals surface area (Å²) >= 11 is 0. The topological polar surface area (TPSA) is 20.2 Å². The molecule has 0 aromatic heterocycles. The average Bonchev–Trinajstić information content (AvgIpc) is 1.99. The normalized spacial score (nSPS) is 11.2. The molecule has 2 heteroatoms. The van der Waals surface area contributed by atoms with E-state index in [1.165, 1.54) is 5.19 Å². The van der Waals surface area contributed by atoms with Crippen LogP contribution in [-0.2, 0) is 0 Å². The minimum absolute atomic E-state index is 0.0786. The third kappa shape index (κ3) is 1.63. The quantitative estimate of drug-likeness (QED) is 0.613. The number of benzene rings is 1. The summed E-state index contributed by atoms with van der Waals surface area (Å²) in [5, 5.41) is 10.9. The Hall–Kier alpha value is -0.763. The number of aryl methyl sites for hydroxylation is 2. The van der Waals surface area contributed by atoms with E-state index in [1.807, 2.05) is 13.8 Å². The summed E-state index contributed by atoms with van der Waals surface area (Å²) < 4.78 is 0. The van der Waals surface area contributed by atoms with Gasteiger partial charge in [0.05, 0.1) is 9.52 Å². The highest BCUT2D eigenvalue weighted by atomic mass is 28.2. The molecule has 0 amide bonds. The van der Waals surface area contributed by atoms with Gasteiger partial charge in [-0.1, -0.05) is 23.9 Å². The SMILES string of the molecule is C[SiH2]c1cc(C)c(O)c(C)c1. The molecule has 60 valence electrons. The molecule has 1 rings (SSSR count). The molecule has 0 radical (unpaired) electrons. The molecule has 0 bridgehead atoms. The molecule has 1 nitrogen and oxygen atoms in total. The summed E-state index contributed by atoms with van der Waals surface area (Å²) in [5.41, 5.74) is 2.02. The summed E-state index contributed by atoms with van der Waals surface area (Å²) in [5.74, 6) is 0.455. The van der Waals surface area contributed by atoms with Crippen LogP contribution in [-0.4, -0.2) is 14.6 Å². The summed E-state index contributed by atoms with van der Waals surface area (Å²) in [6, 6.07) is 4.18. The van der Waals surface area contributed by atoms with Gasteiger partial charge in [0, 0.05) is 0 Å². The van der Waals surface area contributed by atoms with Crippen LogP contribution in [0.3, 0.4) is 0 Å². The van der Waals surface area contributed by atoms with Gasteiger partial charge in [0.15, 0.2) is 0 Å². The molecule has 0 atom stereocenters. The summed E-state index contributed by atoms with van der Waals surface area (Å²) in [7, 11) is -0.0786. The van der Waals surface area contributed by atoms with Gasteiger partial charge < -0.3 is 5.11 Å². The van der Waals surface area contributed by atoms with Crippen LogP contribution in [0.4, 0.5) is 0 Å². The molecule has 0 spiro atoms. The third-order valence-electron chi connectivity index (χ3n) is 1.96. The van der Waals surface area contributed by atoms with Crippen molar-refractivity contribution in [1.29, 1.82) is 0 Å². The van der Waals surface area contributed by atoms with E-state index >= 15 is 0 Å². The summed E-state index contributed by atoms with van der Waals surface area (Å²) in [6.45, 7) is 6.16. The maximum Gasteiger partial charge on any atom is 0.121 e. The van der Waals surface area contributed by atoms with Crippen molar-refractivity contribution in [2.24, 2.45) is 0 Å². The maximum atomic E-state index is 9.44. The van der Waals surface area contributed by atoms with Gasteiger partial charge in [0.25, 0.3) is 0 Å². The van der Waals surface area contributed by atoms with Gasteiger partial charge in [-0.2, -0.15) is 0 Å². The fourth-order valence-electron chi connectivity index (χ4n) is 1.25. The molecule has 1 aromatic rings. The summed E-state index contributed by atoms with van der Waals surface area (Å²) in [4.78, 5) is 0. The Balaban J connectivity index is 3.21. The lowest BCUT2D eigenvalue weighted by Gasteiger charge is -2.05. The second-order valence-electron chi connectivity index (χ2n) is 2.93. The first-order chi connectivity index (χ1) is 5.15. The van der Waals surface area contributed by atoms with Crippen LogP contribution in [0, 0.1) is 13.8 Å². The number of hydrogen-bond acceptors (Lipinski definition) is 1. The molecule has 0 aliphatic rings. The van der Waals surface area contributed by atoms with Gasteiger partial charge >= 0.3 is 0 Å². The molecule has 0 aliphatic heterocycles. The van der Waals surface area contributed by atoms with Crippen molar-refractivity contribution >= 4 is 14.7 Å². The number of aromatic hydroxyl groups is 1. The van der Waals surface area contributed by atoms with Crippen LogP contribution >= 0.6 is 0 Å². The van der Waals surface area contributed by atoms with E-state index in [9.17, 15) is 5.11 Å². The van der Waals surface area contributed by atoms with Gasteiger partial charge in [-0.15, -0.1) is 0 Å². The molecule has 1 N–H and O–H groups in total. The Bertz CT molecular complexity index is 245. The number of phenolic OH excluding ortho intramolecular Hbond substituents is 1. The minimum Gasteiger partial charge on any atom is -0.507 e. The van der Waals surface area contributed by atoms with Crippen molar-refractivity contribution in [1.82, 2.24) is 0 Å². The first-order valence-electron chi connectivity index (χ1n) is 3.94. The molecule has 0 aliphatic carbocycles. The zero-order valence-electron chi connectivity index (χ0n) is 7.31. The molecule has 0 saturated heterocycles. The van der Waals surface area contributed by atoms with Gasteiger partial charge in [-0.3, -0.25) is 0 Å². The lowest BCUT2D eigenvalue weighted by molar-refractivity contribution is 0.467. The highest BCUT2D eigenvalue weighted by Gasteiger charge is 2.00. The number of rotatable bonds is 1. The van der Waals surface area contributed by atoms with Crippen molar-refractivity contribution in [2.45, 2.75) is 20.4 Å². The molecule has 0 unspecified atom stereocenters.